The van der Waals surface area contributed by atoms with E-state index in [0.29, 0.717) is 13.2 Å². The first-order chi connectivity index (χ1) is 17.5. The molecule has 2 aromatic heterocycles. The zero-order chi connectivity index (χ0) is 25.1. The van der Waals surface area contributed by atoms with E-state index in [1.807, 2.05) is 60.3 Å². The number of anilines is 2. The summed E-state index contributed by atoms with van der Waals surface area (Å²) in [6.07, 6.45) is 4.02. The second kappa shape index (κ2) is 10.4. The van der Waals surface area contributed by atoms with Crippen LogP contribution in [0.15, 0.2) is 72.9 Å². The van der Waals surface area contributed by atoms with E-state index in [1.54, 1.807) is 7.11 Å². The lowest BCUT2D eigenvalue weighted by atomic mass is 9.97. The minimum atomic E-state index is -0.0642. The van der Waals surface area contributed by atoms with E-state index < -0.39 is 0 Å². The Morgan fingerprint density at radius 1 is 1.11 bits per heavy atom. The number of piperidine rings is 1. The summed E-state index contributed by atoms with van der Waals surface area (Å²) in [7, 11) is 5.71. The summed E-state index contributed by atoms with van der Waals surface area (Å²) < 4.78 is 7.51. The van der Waals surface area contributed by atoms with E-state index in [2.05, 4.69) is 46.2 Å². The molecule has 1 unspecified atom stereocenters. The zero-order valence-electron chi connectivity index (χ0n) is 21.1. The smallest absolute Gasteiger partial charge is 0.321 e. The van der Waals surface area contributed by atoms with Crippen LogP contribution in [0.2, 0.25) is 0 Å². The summed E-state index contributed by atoms with van der Waals surface area (Å²) >= 11 is 0. The molecular formula is C29H33N5O2. The van der Waals surface area contributed by atoms with Crippen LogP contribution in [0.25, 0.3) is 16.8 Å². The van der Waals surface area contributed by atoms with Crippen molar-refractivity contribution in [3.05, 3.63) is 84.3 Å². The molecule has 0 aliphatic carbocycles. The molecule has 1 atom stereocenters. The Morgan fingerprint density at radius 2 is 1.94 bits per heavy atom. The number of ether oxygens (including phenoxy) is 1. The van der Waals surface area contributed by atoms with Crippen LogP contribution >= 0.6 is 0 Å². The maximum absolute atomic E-state index is 13.1. The molecule has 1 aliphatic rings. The average molecular weight is 484 g/mol. The number of nitrogens with one attached hydrogen (secondary N) is 1. The van der Waals surface area contributed by atoms with Gasteiger partial charge in [-0.3, -0.25) is 0 Å². The number of urea groups is 1. The Labute approximate surface area is 212 Å². The minimum Gasteiger partial charge on any atom is -0.380 e. The first kappa shape index (κ1) is 23.9. The fraction of sp³-hybridized carbons (Fsp3) is 0.310. The second-order valence-corrected chi connectivity index (χ2v) is 9.56. The fourth-order valence-corrected chi connectivity index (χ4v) is 4.95. The molecule has 7 nitrogen and oxygen atoms in total. The number of methoxy groups -OCH3 is 1. The number of benzene rings is 2. The Hall–Kier alpha value is -3.84. The number of nitrogens with zero attached hydrogens (tertiary/aromatic N) is 4. The molecule has 4 aromatic rings. The van der Waals surface area contributed by atoms with Gasteiger partial charge in [-0.15, -0.1) is 0 Å². The summed E-state index contributed by atoms with van der Waals surface area (Å²) in [5.41, 5.74) is 6.13. The molecular weight excluding hydrogens is 450 g/mol. The topological polar surface area (TPSA) is 62.1 Å². The number of likely N-dealkylation sites (tertiary alicyclic amines) is 1. The first-order valence-corrected chi connectivity index (χ1v) is 12.4. The van der Waals surface area contributed by atoms with Gasteiger partial charge in [-0.25, -0.2) is 9.78 Å². The van der Waals surface area contributed by atoms with Crippen molar-refractivity contribution in [3.8, 4) is 11.3 Å². The van der Waals surface area contributed by atoms with Crippen LogP contribution in [0, 0.1) is 0 Å². The standard InChI is InChI=1S/C29H33N5O2/c1-32(2)25-14-12-24(13-15-25)30-29(35)33-16-7-10-23(19-33)28-31-27(26-11-4-5-17-34(26)28)22-9-6-8-21(18-22)20-36-3/h4-6,8-9,11-15,17-18,23H,7,10,16,19-20H2,1-3H3,(H,30,35). The summed E-state index contributed by atoms with van der Waals surface area (Å²) in [6, 6.07) is 22.4. The number of hydrogen-bond donors (Lipinski definition) is 1. The van der Waals surface area contributed by atoms with E-state index in [-0.39, 0.29) is 11.9 Å². The molecule has 0 bridgehead atoms. The van der Waals surface area contributed by atoms with Gasteiger partial charge in [0, 0.05) is 63.3 Å². The van der Waals surface area contributed by atoms with Crippen molar-refractivity contribution in [1.29, 1.82) is 0 Å². The van der Waals surface area contributed by atoms with Gasteiger partial charge >= 0.3 is 6.03 Å². The Balaban J connectivity index is 1.38. The lowest BCUT2D eigenvalue weighted by molar-refractivity contribution is 0.185. The van der Waals surface area contributed by atoms with Crippen LogP contribution in [0.3, 0.4) is 0 Å². The van der Waals surface area contributed by atoms with Gasteiger partial charge in [0.1, 0.15) is 5.82 Å². The van der Waals surface area contributed by atoms with Gasteiger partial charge in [-0.2, -0.15) is 0 Å². The van der Waals surface area contributed by atoms with Crippen LogP contribution in [-0.4, -0.2) is 54.6 Å². The molecule has 186 valence electrons. The molecule has 0 radical (unpaired) electrons. The third kappa shape index (κ3) is 4.93. The van der Waals surface area contributed by atoms with Gasteiger partial charge in [0.05, 0.1) is 17.8 Å². The largest absolute Gasteiger partial charge is 0.380 e. The summed E-state index contributed by atoms with van der Waals surface area (Å²) in [5.74, 6) is 1.16. The van der Waals surface area contributed by atoms with Crippen LogP contribution in [0.1, 0.15) is 30.1 Å². The molecule has 2 amide bonds. The second-order valence-electron chi connectivity index (χ2n) is 9.56. The van der Waals surface area contributed by atoms with E-state index >= 15 is 0 Å². The van der Waals surface area contributed by atoms with E-state index in [4.69, 9.17) is 9.72 Å². The molecule has 0 saturated carbocycles. The van der Waals surface area contributed by atoms with E-state index in [1.165, 1.54) is 0 Å². The quantitative estimate of drug-likeness (QED) is 0.386. The van der Waals surface area contributed by atoms with Gasteiger partial charge in [-0.05, 0) is 60.9 Å². The van der Waals surface area contributed by atoms with Crippen molar-refractivity contribution in [2.24, 2.45) is 0 Å². The molecule has 7 heteroatoms. The highest BCUT2D eigenvalue weighted by Gasteiger charge is 2.28. The van der Waals surface area contributed by atoms with Crippen LogP contribution in [-0.2, 0) is 11.3 Å². The third-order valence-electron chi connectivity index (χ3n) is 6.80. The number of fused-ring (bicyclic) bond motifs is 1. The fourth-order valence-electron chi connectivity index (χ4n) is 4.95. The molecule has 1 aliphatic heterocycles. The van der Waals surface area contributed by atoms with Crippen molar-refractivity contribution in [2.45, 2.75) is 25.4 Å². The van der Waals surface area contributed by atoms with E-state index in [9.17, 15) is 4.79 Å². The van der Waals surface area contributed by atoms with Crippen molar-refractivity contribution < 1.29 is 9.53 Å². The van der Waals surface area contributed by atoms with Crippen LogP contribution in [0.5, 0.6) is 0 Å². The van der Waals surface area contributed by atoms with Gasteiger partial charge < -0.3 is 24.3 Å². The van der Waals surface area contributed by atoms with Crippen molar-refractivity contribution in [2.75, 3.05) is 44.5 Å². The number of carbonyl (C=O) groups excluding carboxylic acids is 1. The lowest BCUT2D eigenvalue weighted by Crippen LogP contribution is -2.42. The predicted octanol–water partition coefficient (Wildman–Crippen LogP) is 5.63. The number of imidazole rings is 1. The molecule has 3 heterocycles. The molecule has 36 heavy (non-hydrogen) atoms. The number of carbonyl (C=O) groups is 1. The normalized spacial score (nSPS) is 15.8. The van der Waals surface area contributed by atoms with Gasteiger partial charge in [0.2, 0.25) is 0 Å². The van der Waals surface area contributed by atoms with Crippen molar-refractivity contribution in [3.63, 3.8) is 0 Å². The van der Waals surface area contributed by atoms with Crippen LogP contribution in [0.4, 0.5) is 16.2 Å². The summed E-state index contributed by atoms with van der Waals surface area (Å²) in [6.45, 7) is 1.95. The molecule has 1 N–H and O–H groups in total. The lowest BCUT2D eigenvalue weighted by Gasteiger charge is -2.32. The maximum atomic E-state index is 13.1. The SMILES string of the molecule is COCc1cccc(-c2nc(C3CCCN(C(=O)Nc4ccc(N(C)C)cc4)C3)n3ccccc23)c1. The van der Waals surface area contributed by atoms with Crippen molar-refractivity contribution in [1.82, 2.24) is 14.3 Å². The highest BCUT2D eigenvalue weighted by atomic mass is 16.5. The molecule has 5 rings (SSSR count). The van der Waals surface area contributed by atoms with Crippen molar-refractivity contribution >= 4 is 22.9 Å². The molecule has 1 fully saturated rings. The predicted molar refractivity (Wildman–Crippen MR) is 145 cm³/mol. The first-order valence-electron chi connectivity index (χ1n) is 12.4. The number of hydrogen-bond acceptors (Lipinski definition) is 4. The van der Waals surface area contributed by atoms with Gasteiger partial charge in [0.15, 0.2) is 0 Å². The number of pyridine rings is 1. The Kier molecular flexibility index (Phi) is 6.91. The molecule has 2 aromatic carbocycles. The number of rotatable bonds is 6. The highest BCUT2D eigenvalue weighted by Crippen LogP contribution is 2.32. The monoisotopic (exact) mass is 483 g/mol. The summed E-state index contributed by atoms with van der Waals surface area (Å²) in [4.78, 5) is 22.2. The maximum Gasteiger partial charge on any atom is 0.321 e. The number of aromatic nitrogens is 2. The highest BCUT2D eigenvalue weighted by molar-refractivity contribution is 5.89. The van der Waals surface area contributed by atoms with E-state index in [0.717, 1.165) is 58.9 Å². The minimum absolute atomic E-state index is 0.0642. The van der Waals surface area contributed by atoms with Crippen LogP contribution < -0.4 is 10.2 Å². The van der Waals surface area contributed by atoms with Gasteiger partial charge in [-0.1, -0.05) is 24.3 Å². The number of amides is 2. The average Bonchev–Trinajstić information content (AvgIpc) is 3.29. The van der Waals surface area contributed by atoms with Gasteiger partial charge in [0.25, 0.3) is 0 Å². The molecule has 1 saturated heterocycles. The molecule has 0 spiro atoms. The third-order valence-corrected chi connectivity index (χ3v) is 6.80. The Morgan fingerprint density at radius 3 is 2.72 bits per heavy atom. The summed E-state index contributed by atoms with van der Waals surface area (Å²) in [5, 5.41) is 3.07. The Bertz CT molecular complexity index is 1350. The zero-order valence-corrected chi connectivity index (χ0v) is 21.1.